The molecule has 4 heteroatoms. The van der Waals surface area contributed by atoms with E-state index in [0.717, 1.165) is 35.5 Å². The first-order valence-corrected chi connectivity index (χ1v) is 7.23. The molecule has 0 N–H and O–H groups in total. The van der Waals surface area contributed by atoms with Crippen molar-refractivity contribution in [3.63, 3.8) is 0 Å². The van der Waals surface area contributed by atoms with Crippen LogP contribution in [0.3, 0.4) is 0 Å². The number of aromatic nitrogens is 1. The fraction of sp³-hybridized carbons (Fsp3) is 0.286. The van der Waals surface area contributed by atoms with Gasteiger partial charge in [0.05, 0.1) is 5.52 Å². The largest absolute Gasteiger partial charge is 0.336 e. The van der Waals surface area contributed by atoms with E-state index < -0.39 is 0 Å². The second-order valence-electron chi connectivity index (χ2n) is 4.29. The van der Waals surface area contributed by atoms with Gasteiger partial charge in [0.2, 0.25) is 0 Å². The smallest absolute Gasteiger partial charge is 0.272 e. The fourth-order valence-corrected chi connectivity index (χ4v) is 3.02. The lowest BCUT2D eigenvalue weighted by Gasteiger charge is -2.26. The summed E-state index contributed by atoms with van der Waals surface area (Å²) in [4.78, 5) is 18.6. The molecule has 0 saturated carbocycles. The van der Waals surface area contributed by atoms with Crippen LogP contribution in [0.25, 0.3) is 10.9 Å². The molecule has 1 saturated heterocycles. The molecule has 18 heavy (non-hydrogen) atoms. The molecule has 2 aromatic rings. The molecule has 0 atom stereocenters. The molecular weight excluding hydrogens is 244 g/mol. The van der Waals surface area contributed by atoms with Gasteiger partial charge in [-0.2, -0.15) is 11.8 Å². The highest BCUT2D eigenvalue weighted by Crippen LogP contribution is 2.15. The summed E-state index contributed by atoms with van der Waals surface area (Å²) in [5.41, 5.74) is 1.44. The number of nitrogens with zero attached hydrogens (tertiary/aromatic N) is 2. The minimum atomic E-state index is 0.0565. The maximum absolute atomic E-state index is 12.3. The van der Waals surface area contributed by atoms with Crippen molar-refractivity contribution < 1.29 is 4.79 Å². The van der Waals surface area contributed by atoms with Crippen LogP contribution >= 0.6 is 11.8 Å². The number of carbonyl (C=O) groups excluding carboxylic acids is 1. The lowest BCUT2D eigenvalue weighted by molar-refractivity contribution is 0.0767. The van der Waals surface area contributed by atoms with Crippen molar-refractivity contribution >= 4 is 28.6 Å². The minimum absolute atomic E-state index is 0.0565. The van der Waals surface area contributed by atoms with E-state index in [-0.39, 0.29) is 5.91 Å². The van der Waals surface area contributed by atoms with Crippen LogP contribution in [0.2, 0.25) is 0 Å². The third-order valence-electron chi connectivity index (χ3n) is 3.12. The van der Waals surface area contributed by atoms with Gasteiger partial charge in [-0.25, -0.2) is 4.98 Å². The molecule has 92 valence electrons. The van der Waals surface area contributed by atoms with Crippen molar-refractivity contribution in [1.82, 2.24) is 9.88 Å². The molecule has 1 fully saturated rings. The molecule has 3 nitrogen and oxygen atoms in total. The quantitative estimate of drug-likeness (QED) is 0.787. The predicted molar refractivity (Wildman–Crippen MR) is 75.0 cm³/mol. The monoisotopic (exact) mass is 258 g/mol. The van der Waals surface area contributed by atoms with E-state index in [4.69, 9.17) is 0 Å². The van der Waals surface area contributed by atoms with Crippen LogP contribution in [0.15, 0.2) is 36.4 Å². The molecule has 2 heterocycles. The molecule has 0 spiro atoms. The van der Waals surface area contributed by atoms with Gasteiger partial charge in [-0.3, -0.25) is 4.79 Å². The first-order valence-electron chi connectivity index (χ1n) is 6.07. The number of rotatable bonds is 1. The molecule has 1 amide bonds. The zero-order valence-corrected chi connectivity index (χ0v) is 10.8. The molecule has 0 radical (unpaired) electrons. The second kappa shape index (κ2) is 4.98. The van der Waals surface area contributed by atoms with E-state index in [1.54, 1.807) is 0 Å². The zero-order valence-electron chi connectivity index (χ0n) is 10.0. The SMILES string of the molecule is O=C(c1ccc2ccccc2n1)N1CCSCC1. The normalized spacial score (nSPS) is 15.9. The van der Waals surface area contributed by atoms with Crippen LogP contribution in [0.5, 0.6) is 0 Å². The summed E-state index contributed by atoms with van der Waals surface area (Å²) in [6.45, 7) is 1.66. The van der Waals surface area contributed by atoms with Crippen molar-refractivity contribution in [3.05, 3.63) is 42.1 Å². The Morgan fingerprint density at radius 3 is 2.72 bits per heavy atom. The van der Waals surface area contributed by atoms with Gasteiger partial charge < -0.3 is 4.90 Å². The van der Waals surface area contributed by atoms with Gasteiger partial charge in [0.25, 0.3) is 5.91 Å². The highest BCUT2D eigenvalue weighted by Gasteiger charge is 2.19. The van der Waals surface area contributed by atoms with E-state index >= 15 is 0 Å². The number of hydrogen-bond donors (Lipinski definition) is 0. The van der Waals surface area contributed by atoms with Crippen molar-refractivity contribution in [2.24, 2.45) is 0 Å². The van der Waals surface area contributed by atoms with Crippen molar-refractivity contribution in [3.8, 4) is 0 Å². The summed E-state index contributed by atoms with van der Waals surface area (Å²) in [7, 11) is 0. The third-order valence-corrected chi connectivity index (χ3v) is 4.06. The maximum atomic E-state index is 12.3. The van der Waals surface area contributed by atoms with Crippen LogP contribution < -0.4 is 0 Å². The number of fused-ring (bicyclic) bond motifs is 1. The molecule has 1 aromatic carbocycles. The summed E-state index contributed by atoms with van der Waals surface area (Å²) < 4.78 is 0. The maximum Gasteiger partial charge on any atom is 0.272 e. The molecule has 1 aliphatic rings. The Balaban J connectivity index is 1.91. The van der Waals surface area contributed by atoms with E-state index in [1.807, 2.05) is 53.1 Å². The van der Waals surface area contributed by atoms with Gasteiger partial charge in [0.15, 0.2) is 0 Å². The van der Waals surface area contributed by atoms with Crippen LogP contribution in [-0.2, 0) is 0 Å². The summed E-state index contributed by atoms with van der Waals surface area (Å²) in [6, 6.07) is 11.7. The number of pyridine rings is 1. The molecular formula is C14H14N2OS. The average Bonchev–Trinajstić information content (AvgIpc) is 2.47. The van der Waals surface area contributed by atoms with Crippen LogP contribution in [0.4, 0.5) is 0 Å². The fourth-order valence-electron chi connectivity index (χ4n) is 2.11. The van der Waals surface area contributed by atoms with Gasteiger partial charge in [-0.15, -0.1) is 0 Å². The minimum Gasteiger partial charge on any atom is -0.336 e. The van der Waals surface area contributed by atoms with Gasteiger partial charge in [0, 0.05) is 30.0 Å². The van der Waals surface area contributed by atoms with E-state index in [2.05, 4.69) is 4.98 Å². The summed E-state index contributed by atoms with van der Waals surface area (Å²) in [6.07, 6.45) is 0. The summed E-state index contributed by atoms with van der Waals surface area (Å²) in [5.74, 6) is 2.11. The first-order chi connectivity index (χ1) is 8.84. The lowest BCUT2D eigenvalue weighted by Crippen LogP contribution is -2.38. The Hall–Kier alpha value is -1.55. The summed E-state index contributed by atoms with van der Waals surface area (Å²) >= 11 is 1.90. The Morgan fingerprint density at radius 1 is 1.11 bits per heavy atom. The molecule has 3 rings (SSSR count). The van der Waals surface area contributed by atoms with E-state index in [9.17, 15) is 4.79 Å². The zero-order chi connectivity index (χ0) is 12.4. The van der Waals surface area contributed by atoms with Gasteiger partial charge >= 0.3 is 0 Å². The van der Waals surface area contributed by atoms with Crippen molar-refractivity contribution in [1.29, 1.82) is 0 Å². The number of amides is 1. The van der Waals surface area contributed by atoms with Crippen LogP contribution in [0.1, 0.15) is 10.5 Å². The number of thioether (sulfide) groups is 1. The second-order valence-corrected chi connectivity index (χ2v) is 5.52. The van der Waals surface area contributed by atoms with Crippen molar-refractivity contribution in [2.75, 3.05) is 24.6 Å². The third kappa shape index (κ3) is 2.20. The van der Waals surface area contributed by atoms with E-state index in [1.165, 1.54) is 0 Å². The molecule has 1 aliphatic heterocycles. The molecule has 0 bridgehead atoms. The molecule has 0 unspecified atom stereocenters. The number of carbonyl (C=O) groups is 1. The number of benzene rings is 1. The standard InChI is InChI=1S/C14H14N2OS/c17-14(16-7-9-18-10-8-16)13-6-5-11-3-1-2-4-12(11)15-13/h1-6H,7-10H2. The summed E-state index contributed by atoms with van der Waals surface area (Å²) in [5, 5.41) is 1.07. The van der Waals surface area contributed by atoms with Gasteiger partial charge in [-0.1, -0.05) is 24.3 Å². The average molecular weight is 258 g/mol. The topological polar surface area (TPSA) is 33.2 Å². The highest BCUT2D eigenvalue weighted by atomic mass is 32.2. The van der Waals surface area contributed by atoms with Crippen molar-refractivity contribution in [2.45, 2.75) is 0 Å². The Kier molecular flexibility index (Phi) is 3.19. The Morgan fingerprint density at radius 2 is 1.89 bits per heavy atom. The van der Waals surface area contributed by atoms with Crippen LogP contribution in [-0.4, -0.2) is 40.4 Å². The van der Waals surface area contributed by atoms with Gasteiger partial charge in [0.1, 0.15) is 5.69 Å². The van der Waals surface area contributed by atoms with Gasteiger partial charge in [-0.05, 0) is 12.1 Å². The molecule has 0 aliphatic carbocycles. The van der Waals surface area contributed by atoms with Crippen LogP contribution in [0, 0.1) is 0 Å². The molecule has 1 aromatic heterocycles. The highest BCUT2D eigenvalue weighted by molar-refractivity contribution is 7.99. The predicted octanol–water partition coefficient (Wildman–Crippen LogP) is 2.42. The first kappa shape index (κ1) is 11.5. The number of hydrogen-bond acceptors (Lipinski definition) is 3. The van der Waals surface area contributed by atoms with E-state index in [0.29, 0.717) is 5.69 Å². The Labute approximate surface area is 110 Å². The lowest BCUT2D eigenvalue weighted by atomic mass is 10.2. The Bertz CT molecular complexity index is 579. The number of para-hydroxylation sites is 1.